The normalized spacial score (nSPS) is 11.8. The lowest BCUT2D eigenvalue weighted by Gasteiger charge is -2.09. The largest absolute Gasteiger partial charge is 0.416 e. The number of aromatic nitrogens is 1. The van der Waals surface area contributed by atoms with Crippen molar-refractivity contribution in [3.05, 3.63) is 83.2 Å². The number of nitriles is 2. The predicted octanol–water partition coefficient (Wildman–Crippen LogP) is 4.25. The Hall–Kier alpha value is -3.04. The minimum absolute atomic E-state index is 0.0644. The molecule has 0 unspecified atom stereocenters. The number of rotatable bonds is 2. The van der Waals surface area contributed by atoms with Crippen LogP contribution in [0.15, 0.2) is 47.3 Å². The molecule has 0 spiro atoms. The summed E-state index contributed by atoms with van der Waals surface area (Å²) in [7, 11) is 0. The van der Waals surface area contributed by atoms with E-state index < -0.39 is 22.9 Å². The van der Waals surface area contributed by atoms with Crippen molar-refractivity contribution < 1.29 is 13.2 Å². The lowest BCUT2D eigenvalue weighted by atomic mass is 10.2. The molecule has 2 aromatic carbocycles. The fourth-order valence-corrected chi connectivity index (χ4v) is 4.01. The van der Waals surface area contributed by atoms with Crippen molar-refractivity contribution in [1.82, 2.24) is 4.57 Å². The zero-order valence-corrected chi connectivity index (χ0v) is 17.0. The topological polar surface area (TPSA) is 69.6 Å². The first-order valence-electron chi connectivity index (χ1n) is 8.07. The second-order valence-corrected chi connectivity index (χ2v) is 7.66. The maximum atomic E-state index is 13.1. The molecular weight excluding hydrogens is 458 g/mol. The Kier molecular flexibility index (Phi) is 6.04. The molecule has 1 heterocycles. The summed E-state index contributed by atoms with van der Waals surface area (Å²) in [6.07, 6.45) is -3.22. The highest BCUT2D eigenvalue weighted by atomic mass is 35.5. The van der Waals surface area contributed by atoms with Crippen molar-refractivity contribution in [3.63, 3.8) is 0 Å². The van der Waals surface area contributed by atoms with Crippen LogP contribution in [0.4, 0.5) is 13.2 Å². The monoisotopic (exact) mass is 465 g/mol. The molecule has 0 N–H and O–H groups in total. The fourth-order valence-electron chi connectivity index (χ4n) is 2.60. The third-order valence-corrected chi connectivity index (χ3v) is 5.89. The van der Waals surface area contributed by atoms with Crippen LogP contribution in [0, 0.1) is 22.7 Å². The Morgan fingerprint density at radius 3 is 2.40 bits per heavy atom. The molecule has 3 aromatic rings. The smallest absolute Gasteiger partial charge is 0.267 e. The number of hydrogen-bond acceptors (Lipinski definition) is 4. The van der Waals surface area contributed by atoms with Gasteiger partial charge >= 0.3 is 6.18 Å². The van der Waals surface area contributed by atoms with Crippen molar-refractivity contribution in [1.29, 1.82) is 10.5 Å². The highest BCUT2D eigenvalue weighted by Crippen LogP contribution is 2.30. The molecule has 3 rings (SSSR count). The Labute approximate surface area is 181 Å². The SMILES string of the molecule is N#CC(C#N)=c1sc(=Cc2cccc(Cl)c2Cl)c(=O)n1-c1cccc(C(F)(F)F)c1. The van der Waals surface area contributed by atoms with E-state index in [0.717, 1.165) is 34.1 Å². The van der Waals surface area contributed by atoms with E-state index in [1.807, 2.05) is 0 Å². The minimum atomic E-state index is -4.63. The van der Waals surface area contributed by atoms with Gasteiger partial charge in [-0.25, -0.2) is 0 Å². The van der Waals surface area contributed by atoms with Crippen LogP contribution in [0.1, 0.15) is 11.1 Å². The summed E-state index contributed by atoms with van der Waals surface area (Å²) in [5.41, 5.74) is -1.80. The zero-order valence-electron chi connectivity index (χ0n) is 14.7. The maximum absolute atomic E-state index is 13.1. The molecule has 1 aromatic heterocycles. The molecular formula is C20H8Cl2F3N3OS. The van der Waals surface area contributed by atoms with Crippen LogP contribution in [0.25, 0.3) is 17.3 Å². The van der Waals surface area contributed by atoms with E-state index in [0.29, 0.717) is 5.56 Å². The van der Waals surface area contributed by atoms with Crippen molar-refractivity contribution in [2.24, 2.45) is 0 Å². The highest BCUT2D eigenvalue weighted by molar-refractivity contribution is 7.07. The average molecular weight is 466 g/mol. The van der Waals surface area contributed by atoms with Crippen LogP contribution in [0.5, 0.6) is 0 Å². The molecule has 0 fully saturated rings. The molecule has 0 saturated carbocycles. The van der Waals surface area contributed by atoms with Crippen molar-refractivity contribution >= 4 is 46.2 Å². The molecule has 0 aliphatic rings. The summed E-state index contributed by atoms with van der Waals surface area (Å²) in [5.74, 6) is 0. The lowest BCUT2D eigenvalue weighted by Crippen LogP contribution is -2.30. The van der Waals surface area contributed by atoms with Gasteiger partial charge in [0.15, 0.2) is 5.57 Å². The van der Waals surface area contributed by atoms with E-state index in [9.17, 15) is 28.5 Å². The highest BCUT2D eigenvalue weighted by Gasteiger charge is 2.30. The van der Waals surface area contributed by atoms with Crippen LogP contribution in [-0.4, -0.2) is 4.57 Å². The fraction of sp³-hybridized carbons (Fsp3) is 0.0500. The molecule has 0 saturated heterocycles. The van der Waals surface area contributed by atoms with E-state index in [-0.39, 0.29) is 24.9 Å². The number of alkyl halides is 3. The van der Waals surface area contributed by atoms with Gasteiger partial charge in [0.25, 0.3) is 5.56 Å². The Morgan fingerprint density at radius 2 is 1.77 bits per heavy atom. The molecule has 30 heavy (non-hydrogen) atoms. The summed E-state index contributed by atoms with van der Waals surface area (Å²) in [4.78, 5) is 13.0. The van der Waals surface area contributed by atoms with Gasteiger partial charge in [0.1, 0.15) is 16.8 Å². The molecule has 0 amide bonds. The first-order chi connectivity index (χ1) is 14.2. The maximum Gasteiger partial charge on any atom is 0.416 e. The first-order valence-corrected chi connectivity index (χ1v) is 9.64. The number of halogens is 5. The third-order valence-electron chi connectivity index (χ3n) is 3.96. The summed E-state index contributed by atoms with van der Waals surface area (Å²) < 4.78 is 40.3. The molecule has 0 aliphatic heterocycles. The Morgan fingerprint density at radius 1 is 1.10 bits per heavy atom. The van der Waals surface area contributed by atoms with Gasteiger partial charge in [0.05, 0.1) is 25.8 Å². The Balaban J connectivity index is 2.41. The number of hydrogen-bond donors (Lipinski definition) is 0. The second kappa shape index (κ2) is 8.37. The van der Waals surface area contributed by atoms with Crippen molar-refractivity contribution in [2.75, 3.05) is 0 Å². The number of benzene rings is 2. The van der Waals surface area contributed by atoms with Crippen LogP contribution in [0.2, 0.25) is 10.0 Å². The number of nitrogens with zero attached hydrogens (tertiary/aromatic N) is 3. The van der Waals surface area contributed by atoms with Gasteiger partial charge in [-0.1, -0.05) is 41.4 Å². The van der Waals surface area contributed by atoms with E-state index in [4.69, 9.17) is 23.2 Å². The van der Waals surface area contributed by atoms with E-state index in [2.05, 4.69) is 0 Å². The van der Waals surface area contributed by atoms with E-state index in [1.54, 1.807) is 30.3 Å². The van der Waals surface area contributed by atoms with E-state index >= 15 is 0 Å². The minimum Gasteiger partial charge on any atom is -0.267 e. The summed E-state index contributed by atoms with van der Waals surface area (Å²) >= 11 is 12.9. The summed E-state index contributed by atoms with van der Waals surface area (Å²) in [6.45, 7) is 0. The van der Waals surface area contributed by atoms with Gasteiger partial charge in [-0.3, -0.25) is 9.36 Å². The molecule has 0 atom stereocenters. The van der Waals surface area contributed by atoms with Gasteiger partial charge in [0, 0.05) is 0 Å². The van der Waals surface area contributed by atoms with Crippen LogP contribution >= 0.6 is 34.5 Å². The lowest BCUT2D eigenvalue weighted by molar-refractivity contribution is -0.137. The first kappa shape index (κ1) is 21.7. The van der Waals surface area contributed by atoms with Crippen molar-refractivity contribution in [2.45, 2.75) is 6.18 Å². The quantitative estimate of drug-likeness (QED) is 0.567. The van der Waals surface area contributed by atoms with Gasteiger partial charge in [-0.05, 0) is 35.9 Å². The third kappa shape index (κ3) is 4.12. The zero-order chi connectivity index (χ0) is 22.1. The summed E-state index contributed by atoms with van der Waals surface area (Å²) in [5, 5.41) is 19.0. The molecule has 0 aliphatic carbocycles. The summed E-state index contributed by atoms with van der Waals surface area (Å²) in [6, 6.07) is 12.2. The van der Waals surface area contributed by atoms with Gasteiger partial charge in [-0.2, -0.15) is 23.7 Å². The van der Waals surface area contributed by atoms with Gasteiger partial charge in [-0.15, -0.1) is 11.3 Å². The molecule has 0 radical (unpaired) electrons. The van der Waals surface area contributed by atoms with Gasteiger partial charge < -0.3 is 0 Å². The number of thiazole rings is 1. The molecule has 0 bridgehead atoms. The molecule has 150 valence electrons. The molecule has 4 nitrogen and oxygen atoms in total. The average Bonchev–Trinajstić information content (AvgIpc) is 3.02. The van der Waals surface area contributed by atoms with E-state index in [1.165, 1.54) is 12.1 Å². The van der Waals surface area contributed by atoms with Gasteiger partial charge in [0.2, 0.25) is 0 Å². The Bertz CT molecular complexity index is 1390. The molecule has 10 heteroatoms. The predicted molar refractivity (Wildman–Crippen MR) is 109 cm³/mol. The second-order valence-electron chi connectivity index (χ2n) is 5.85. The van der Waals surface area contributed by atoms with Crippen LogP contribution < -0.4 is 14.8 Å². The van der Waals surface area contributed by atoms with Crippen LogP contribution in [0.3, 0.4) is 0 Å². The van der Waals surface area contributed by atoms with Crippen molar-refractivity contribution in [3.8, 4) is 17.8 Å². The van der Waals surface area contributed by atoms with Crippen LogP contribution in [-0.2, 0) is 6.18 Å². The standard InChI is InChI=1S/C20H8Cl2F3N3OS/c21-15-6-1-3-11(17(15)22)7-16-18(29)28(19(30-16)12(9-26)10-27)14-5-2-4-13(8-14)20(23,24)25/h1-8H.